The highest BCUT2D eigenvalue weighted by Gasteiger charge is 2.45. The molecule has 2 N–H and O–H groups in total. The molecule has 2 aliphatic rings. The number of aliphatic hydroxyl groups is 1. The van der Waals surface area contributed by atoms with Gasteiger partial charge in [-0.3, -0.25) is 14.4 Å². The normalized spacial score (nSPS) is 17.2. The van der Waals surface area contributed by atoms with Crippen molar-refractivity contribution in [2.24, 2.45) is 5.92 Å². The molecule has 300 valence electrons. The topological polar surface area (TPSA) is 140 Å². The lowest BCUT2D eigenvalue weighted by Gasteiger charge is -2.35. The lowest BCUT2D eigenvalue weighted by atomic mass is 10.0. The van der Waals surface area contributed by atoms with E-state index in [0.717, 1.165) is 40.3 Å². The van der Waals surface area contributed by atoms with Crippen molar-refractivity contribution in [2.45, 2.75) is 97.5 Å². The third-order valence-corrected chi connectivity index (χ3v) is 11.1. The number of hydrogen-bond acceptors (Lipinski definition) is 10. The molecule has 3 amide bonds. The first kappa shape index (κ1) is 42.3. The number of fused-ring (bicyclic) bond motifs is 1. The van der Waals surface area contributed by atoms with Crippen molar-refractivity contribution in [3.63, 3.8) is 0 Å². The second kappa shape index (κ2) is 21.4. The van der Waals surface area contributed by atoms with Gasteiger partial charge < -0.3 is 39.2 Å². The molecule has 2 aliphatic heterocycles. The molecule has 1 saturated heterocycles. The molecule has 0 saturated carbocycles. The number of unbranched alkanes of at least 4 members (excludes halogenated alkanes) is 4. The van der Waals surface area contributed by atoms with E-state index in [1.165, 1.54) is 30.6 Å². The van der Waals surface area contributed by atoms with Gasteiger partial charge in [0.25, 0.3) is 5.91 Å². The summed E-state index contributed by atoms with van der Waals surface area (Å²) in [6, 6.07) is 11.5. The smallest absolute Gasteiger partial charge is 0.255 e. The number of likely N-dealkylation sites (tertiary alicyclic amines) is 1. The van der Waals surface area contributed by atoms with Crippen LogP contribution in [-0.2, 0) is 36.9 Å². The van der Waals surface area contributed by atoms with E-state index in [1.54, 1.807) is 27.8 Å². The van der Waals surface area contributed by atoms with Crippen molar-refractivity contribution in [2.75, 3.05) is 52.8 Å². The molecule has 3 aromatic rings. The molecule has 0 unspecified atom stereocenters. The number of amides is 3. The number of β-amino-alcohol motifs (C(OH)–C–C–N with tert-alkyl or cyclic N) is 1. The molecule has 13 heteroatoms. The Morgan fingerprint density at radius 1 is 0.964 bits per heavy atom. The van der Waals surface area contributed by atoms with Gasteiger partial charge in [0.2, 0.25) is 11.8 Å². The molecule has 0 radical (unpaired) electrons. The molecule has 0 aliphatic carbocycles. The van der Waals surface area contributed by atoms with Gasteiger partial charge in [-0.25, -0.2) is 4.98 Å². The molecular weight excluding hydrogens is 721 g/mol. The monoisotopic (exact) mass is 778 g/mol. The van der Waals surface area contributed by atoms with Crippen molar-refractivity contribution in [3.05, 3.63) is 70.4 Å². The maximum Gasteiger partial charge on any atom is 0.255 e. The summed E-state index contributed by atoms with van der Waals surface area (Å²) < 4.78 is 23.2. The Hall–Kier alpha value is -3.88. The Kier molecular flexibility index (Phi) is 16.5. The van der Waals surface area contributed by atoms with Crippen LogP contribution in [0.1, 0.15) is 86.5 Å². The fourth-order valence-electron chi connectivity index (χ4n) is 7.17. The van der Waals surface area contributed by atoms with Crippen LogP contribution in [0.2, 0.25) is 0 Å². The zero-order valence-electron chi connectivity index (χ0n) is 32.8. The van der Waals surface area contributed by atoms with E-state index in [0.29, 0.717) is 57.5 Å². The summed E-state index contributed by atoms with van der Waals surface area (Å²) >= 11 is 1.54. The molecule has 1 fully saturated rings. The third-order valence-electron chi connectivity index (χ3n) is 10.1. The van der Waals surface area contributed by atoms with Gasteiger partial charge in [0.05, 0.1) is 55.2 Å². The summed E-state index contributed by atoms with van der Waals surface area (Å²) in [5, 5.41) is 13.7. The number of nitrogens with one attached hydrogen (secondary N) is 1. The van der Waals surface area contributed by atoms with Crippen molar-refractivity contribution in [1.82, 2.24) is 20.1 Å². The number of aryl methyl sites for hydroxylation is 1. The summed E-state index contributed by atoms with van der Waals surface area (Å²) in [5.41, 5.74) is 5.90. The third kappa shape index (κ3) is 11.6. The van der Waals surface area contributed by atoms with E-state index in [1.807, 2.05) is 57.2 Å². The van der Waals surface area contributed by atoms with Crippen LogP contribution < -0.4 is 10.1 Å². The van der Waals surface area contributed by atoms with Gasteiger partial charge in [0.15, 0.2) is 0 Å². The number of aromatic nitrogens is 1. The van der Waals surface area contributed by atoms with Gasteiger partial charge in [0.1, 0.15) is 24.4 Å². The van der Waals surface area contributed by atoms with Crippen LogP contribution in [0, 0.1) is 12.8 Å². The van der Waals surface area contributed by atoms with Crippen LogP contribution in [0.5, 0.6) is 5.75 Å². The largest absolute Gasteiger partial charge is 0.491 e. The van der Waals surface area contributed by atoms with E-state index >= 15 is 0 Å². The minimum atomic E-state index is -0.884. The Morgan fingerprint density at radius 2 is 1.67 bits per heavy atom. The second-order valence-corrected chi connectivity index (χ2v) is 15.4. The van der Waals surface area contributed by atoms with Crippen LogP contribution in [-0.4, -0.2) is 109 Å². The first-order valence-electron chi connectivity index (χ1n) is 19.7. The summed E-state index contributed by atoms with van der Waals surface area (Å²) in [6.07, 6.45) is 5.34. The summed E-state index contributed by atoms with van der Waals surface area (Å²) in [7, 11) is 0. The number of ether oxygens (including phenoxy) is 4. The number of thiazole rings is 1. The average molecular weight is 779 g/mol. The maximum absolute atomic E-state index is 14.1. The molecule has 1 aromatic heterocycles. The molecule has 3 atom stereocenters. The van der Waals surface area contributed by atoms with Gasteiger partial charge in [-0.15, -0.1) is 11.3 Å². The molecule has 55 heavy (non-hydrogen) atoms. The fraction of sp³-hybridized carbons (Fsp3) is 0.571. The highest BCUT2D eigenvalue weighted by atomic mass is 32.1. The van der Waals surface area contributed by atoms with E-state index in [4.69, 9.17) is 18.9 Å². The summed E-state index contributed by atoms with van der Waals surface area (Å²) in [5.74, 6) is -0.525. The Bertz CT molecular complexity index is 1700. The van der Waals surface area contributed by atoms with Crippen LogP contribution >= 0.6 is 11.3 Å². The van der Waals surface area contributed by atoms with Crippen molar-refractivity contribution in [3.8, 4) is 16.2 Å². The number of rotatable bonds is 23. The minimum Gasteiger partial charge on any atom is -0.491 e. The number of aliphatic hydroxyl groups excluding tert-OH is 1. The van der Waals surface area contributed by atoms with Crippen LogP contribution in [0.4, 0.5) is 0 Å². The Morgan fingerprint density at radius 3 is 2.36 bits per heavy atom. The molecule has 5 rings (SSSR count). The zero-order valence-corrected chi connectivity index (χ0v) is 33.6. The Labute approximate surface area is 329 Å². The first-order valence-corrected chi connectivity index (χ1v) is 20.6. The zero-order chi connectivity index (χ0) is 39.2. The highest BCUT2D eigenvalue weighted by molar-refractivity contribution is 7.13. The average Bonchev–Trinajstić information content (AvgIpc) is 3.88. The number of nitrogens with zero attached hydrogens (tertiary/aromatic N) is 3. The van der Waals surface area contributed by atoms with Crippen LogP contribution in [0.25, 0.3) is 10.4 Å². The predicted octanol–water partition coefficient (Wildman–Crippen LogP) is 5.78. The highest BCUT2D eigenvalue weighted by Crippen LogP contribution is 2.33. The van der Waals surface area contributed by atoms with Gasteiger partial charge in [-0.05, 0) is 42.5 Å². The molecule has 0 spiro atoms. The van der Waals surface area contributed by atoms with Gasteiger partial charge >= 0.3 is 0 Å². The van der Waals surface area contributed by atoms with Gasteiger partial charge in [-0.2, -0.15) is 0 Å². The summed E-state index contributed by atoms with van der Waals surface area (Å²) in [6.45, 7) is 11.9. The standard InChI is InChI=1S/C42H58N4O8S/c1-5-6-7-8-11-16-51-17-18-52-19-20-53-21-22-54-37-23-31(39-30(4)44-28-55-39)14-15-32(37)25-43-40(48)36-24-34(47)27-45(36)42(50)38(29(2)3)46-26-33-12-9-10-13-35(33)41(46)49/h9-10,12-15,23,28-29,34,36,38,47H,5-8,11,16-22,24-27H2,1-4H3,(H,43,48)/t34-,36+,38+/m1/s1. The second-order valence-electron chi connectivity index (χ2n) is 14.6. The SMILES string of the molecule is CCCCCCCOCCOCCOCCOc1cc(-c2scnc2C)ccc1CNC(=O)[C@@H]1C[C@@H](O)CN1C(=O)[C@H](C(C)C)N1Cc2ccccc2C1=O. The van der Waals surface area contributed by atoms with Crippen LogP contribution in [0.15, 0.2) is 48.0 Å². The first-order chi connectivity index (χ1) is 26.7. The molecule has 2 aromatic carbocycles. The van der Waals surface area contributed by atoms with E-state index in [-0.39, 0.29) is 43.1 Å². The number of hydrogen-bond donors (Lipinski definition) is 2. The lowest BCUT2D eigenvalue weighted by Crippen LogP contribution is -2.55. The maximum atomic E-state index is 14.1. The Balaban J connectivity index is 1.14. The molecule has 0 bridgehead atoms. The lowest BCUT2D eigenvalue weighted by molar-refractivity contribution is -0.143. The molecule has 12 nitrogen and oxygen atoms in total. The van der Waals surface area contributed by atoms with Crippen molar-refractivity contribution in [1.29, 1.82) is 0 Å². The molecular formula is C42H58N4O8S. The fourth-order valence-corrected chi connectivity index (χ4v) is 7.97. The van der Waals surface area contributed by atoms with Crippen molar-refractivity contribution < 1.29 is 38.4 Å². The number of benzene rings is 2. The van der Waals surface area contributed by atoms with Crippen LogP contribution in [0.3, 0.4) is 0 Å². The minimum absolute atomic E-state index is 0.0182. The quantitative estimate of drug-likeness (QED) is 0.115. The van der Waals surface area contributed by atoms with E-state index in [9.17, 15) is 19.5 Å². The van der Waals surface area contributed by atoms with Crippen molar-refractivity contribution >= 4 is 29.1 Å². The summed E-state index contributed by atoms with van der Waals surface area (Å²) in [4.78, 5) is 49.7. The van der Waals surface area contributed by atoms with Gasteiger partial charge in [-0.1, -0.05) is 76.8 Å². The predicted molar refractivity (Wildman–Crippen MR) is 212 cm³/mol. The van der Waals surface area contributed by atoms with Gasteiger partial charge in [0, 0.05) is 43.8 Å². The number of carbonyl (C=O) groups excluding carboxylic acids is 3. The number of carbonyl (C=O) groups is 3. The van der Waals surface area contributed by atoms with E-state index < -0.39 is 18.2 Å². The van der Waals surface area contributed by atoms with E-state index in [2.05, 4.69) is 17.2 Å². The molecule has 3 heterocycles.